The van der Waals surface area contributed by atoms with Crippen molar-refractivity contribution in [2.24, 2.45) is 5.92 Å². The fraction of sp³-hybridized carbons (Fsp3) is 0.294. The molecule has 7 heteroatoms. The second-order valence-corrected chi connectivity index (χ2v) is 7.34. The van der Waals surface area contributed by atoms with E-state index in [4.69, 9.17) is 33.0 Å². The molecule has 0 aliphatic heterocycles. The third kappa shape index (κ3) is 3.43. The Kier molecular flexibility index (Phi) is 5.13. The molecule has 0 amide bonds. The van der Waals surface area contributed by atoms with Crippen LogP contribution in [0.1, 0.15) is 34.5 Å². The minimum Gasteiger partial charge on any atom is -0.489 e. The van der Waals surface area contributed by atoms with Crippen molar-refractivity contribution in [3.63, 3.8) is 0 Å². The molecule has 0 spiro atoms. The number of carboxylic acid groups (broad SMARTS) is 1. The molecule has 24 heavy (non-hydrogen) atoms. The third-order valence-electron chi connectivity index (χ3n) is 4.06. The molecule has 1 fully saturated rings. The van der Waals surface area contributed by atoms with Gasteiger partial charge in [-0.05, 0) is 42.8 Å². The number of halogens is 2. The molecule has 1 N–H and O–H groups in total. The standard InChI is InChI=1S/C17H14Cl2O4S/c18-14-11(16(20)13-2-1-7-24-13)5-6-12(15(14)19)23-10-4-3-9(8-10)17(21)22/h1-2,5-7,9-10H,3-4,8H2,(H,21,22)/t9-,10+/m1/s1. The fourth-order valence-corrected chi connectivity index (χ4v) is 3.92. The van der Waals surface area contributed by atoms with Crippen LogP contribution in [0.25, 0.3) is 0 Å². The molecule has 0 unspecified atom stereocenters. The summed E-state index contributed by atoms with van der Waals surface area (Å²) in [4.78, 5) is 24.0. The lowest BCUT2D eigenvalue weighted by Gasteiger charge is -2.16. The van der Waals surface area contributed by atoms with Crippen LogP contribution in [-0.4, -0.2) is 23.0 Å². The average Bonchev–Trinajstić information content (AvgIpc) is 3.23. The summed E-state index contributed by atoms with van der Waals surface area (Å²) in [5.41, 5.74) is 0.325. The van der Waals surface area contributed by atoms with E-state index in [2.05, 4.69) is 0 Å². The smallest absolute Gasteiger partial charge is 0.306 e. The van der Waals surface area contributed by atoms with Crippen molar-refractivity contribution >= 4 is 46.3 Å². The lowest BCUT2D eigenvalue weighted by atomic mass is 10.1. The van der Waals surface area contributed by atoms with E-state index in [9.17, 15) is 9.59 Å². The molecular weight excluding hydrogens is 371 g/mol. The lowest BCUT2D eigenvalue weighted by molar-refractivity contribution is -0.141. The van der Waals surface area contributed by atoms with Crippen LogP contribution in [0.4, 0.5) is 0 Å². The first-order chi connectivity index (χ1) is 11.5. The van der Waals surface area contributed by atoms with Crippen LogP contribution in [0.15, 0.2) is 29.6 Å². The Morgan fingerprint density at radius 1 is 1.17 bits per heavy atom. The summed E-state index contributed by atoms with van der Waals surface area (Å²) in [6, 6.07) is 6.73. The van der Waals surface area contributed by atoms with E-state index in [1.54, 1.807) is 24.3 Å². The zero-order valence-electron chi connectivity index (χ0n) is 12.5. The van der Waals surface area contributed by atoms with Gasteiger partial charge in [0.25, 0.3) is 0 Å². The van der Waals surface area contributed by atoms with Crippen molar-refractivity contribution in [3.8, 4) is 5.75 Å². The zero-order valence-corrected chi connectivity index (χ0v) is 14.8. The van der Waals surface area contributed by atoms with E-state index in [1.807, 2.05) is 5.38 Å². The van der Waals surface area contributed by atoms with Crippen LogP contribution in [0, 0.1) is 5.92 Å². The van der Waals surface area contributed by atoms with E-state index in [-0.39, 0.29) is 27.9 Å². The van der Waals surface area contributed by atoms with Gasteiger partial charge in [0.1, 0.15) is 10.8 Å². The molecule has 3 rings (SSSR count). The van der Waals surface area contributed by atoms with Crippen molar-refractivity contribution in [2.45, 2.75) is 25.4 Å². The lowest BCUT2D eigenvalue weighted by Crippen LogP contribution is -2.16. The number of ether oxygens (including phenoxy) is 1. The predicted octanol–water partition coefficient (Wildman–Crippen LogP) is 4.92. The van der Waals surface area contributed by atoms with Gasteiger partial charge < -0.3 is 9.84 Å². The van der Waals surface area contributed by atoms with Crippen molar-refractivity contribution in [1.29, 1.82) is 0 Å². The van der Waals surface area contributed by atoms with Crippen LogP contribution in [-0.2, 0) is 4.79 Å². The van der Waals surface area contributed by atoms with Gasteiger partial charge in [-0.3, -0.25) is 9.59 Å². The molecule has 0 radical (unpaired) electrons. The number of carbonyl (C=O) groups excluding carboxylic acids is 1. The molecule has 0 saturated heterocycles. The summed E-state index contributed by atoms with van der Waals surface area (Å²) in [5, 5.41) is 11.2. The average molecular weight is 385 g/mol. The van der Waals surface area contributed by atoms with E-state index in [0.29, 0.717) is 35.5 Å². The number of carbonyl (C=O) groups is 2. The molecule has 1 aliphatic carbocycles. The highest BCUT2D eigenvalue weighted by atomic mass is 35.5. The topological polar surface area (TPSA) is 63.6 Å². The van der Waals surface area contributed by atoms with Gasteiger partial charge in [0.2, 0.25) is 5.78 Å². The number of thiophene rings is 1. The molecule has 2 aromatic rings. The molecular formula is C17H14Cl2O4S. The molecule has 1 heterocycles. The first-order valence-corrected chi connectivity index (χ1v) is 9.06. The Morgan fingerprint density at radius 2 is 1.96 bits per heavy atom. The van der Waals surface area contributed by atoms with Gasteiger partial charge in [-0.1, -0.05) is 29.3 Å². The van der Waals surface area contributed by atoms with Crippen LogP contribution in [0.2, 0.25) is 10.0 Å². The van der Waals surface area contributed by atoms with Crippen LogP contribution in [0.3, 0.4) is 0 Å². The Bertz CT molecular complexity index is 773. The van der Waals surface area contributed by atoms with Crippen LogP contribution in [0.5, 0.6) is 5.75 Å². The molecule has 1 saturated carbocycles. The summed E-state index contributed by atoms with van der Waals surface area (Å²) >= 11 is 13.8. The van der Waals surface area contributed by atoms with Gasteiger partial charge in [0.05, 0.1) is 21.9 Å². The Hall–Kier alpha value is -1.56. The fourth-order valence-electron chi connectivity index (χ4n) is 2.79. The summed E-state index contributed by atoms with van der Waals surface area (Å²) < 4.78 is 5.80. The first kappa shape index (κ1) is 17.3. The van der Waals surface area contributed by atoms with E-state index < -0.39 is 5.97 Å². The van der Waals surface area contributed by atoms with E-state index >= 15 is 0 Å². The van der Waals surface area contributed by atoms with Crippen LogP contribution < -0.4 is 4.74 Å². The molecule has 126 valence electrons. The second kappa shape index (κ2) is 7.13. The highest BCUT2D eigenvalue weighted by molar-refractivity contribution is 7.12. The molecule has 0 bridgehead atoms. The molecule has 1 aliphatic rings. The zero-order chi connectivity index (χ0) is 17.3. The van der Waals surface area contributed by atoms with Crippen molar-refractivity contribution in [3.05, 3.63) is 50.1 Å². The van der Waals surface area contributed by atoms with Gasteiger partial charge in [0, 0.05) is 5.56 Å². The number of hydrogen-bond acceptors (Lipinski definition) is 4. The number of ketones is 1. The normalized spacial score (nSPS) is 20.1. The SMILES string of the molecule is O=C(c1cccs1)c1ccc(O[C@H]2CC[C@@H](C(=O)O)C2)c(Cl)c1Cl. The summed E-state index contributed by atoms with van der Waals surface area (Å²) in [6.45, 7) is 0. The largest absolute Gasteiger partial charge is 0.489 e. The number of aliphatic carboxylic acids is 1. The predicted molar refractivity (Wildman–Crippen MR) is 93.6 cm³/mol. The minimum atomic E-state index is -0.804. The van der Waals surface area contributed by atoms with Gasteiger partial charge in [-0.15, -0.1) is 11.3 Å². The van der Waals surface area contributed by atoms with Crippen LogP contribution >= 0.6 is 34.5 Å². The molecule has 1 aromatic heterocycles. The van der Waals surface area contributed by atoms with Crippen molar-refractivity contribution in [1.82, 2.24) is 0 Å². The number of benzene rings is 1. The van der Waals surface area contributed by atoms with Gasteiger partial charge in [-0.2, -0.15) is 0 Å². The number of hydrogen-bond donors (Lipinski definition) is 1. The molecule has 1 aromatic carbocycles. The number of carboxylic acids is 1. The molecule has 2 atom stereocenters. The Balaban J connectivity index is 1.78. The summed E-state index contributed by atoms with van der Waals surface area (Å²) in [7, 11) is 0. The summed E-state index contributed by atoms with van der Waals surface area (Å²) in [5.74, 6) is -0.998. The van der Waals surface area contributed by atoms with Gasteiger partial charge in [0.15, 0.2) is 0 Å². The van der Waals surface area contributed by atoms with Gasteiger partial charge in [-0.25, -0.2) is 0 Å². The maximum absolute atomic E-state index is 12.4. The Morgan fingerprint density at radius 3 is 2.58 bits per heavy atom. The highest BCUT2D eigenvalue weighted by Gasteiger charge is 2.31. The van der Waals surface area contributed by atoms with Gasteiger partial charge >= 0.3 is 5.97 Å². The first-order valence-electron chi connectivity index (χ1n) is 7.43. The maximum Gasteiger partial charge on any atom is 0.306 e. The third-order valence-corrected chi connectivity index (χ3v) is 5.80. The quantitative estimate of drug-likeness (QED) is 0.743. The number of rotatable bonds is 5. The van der Waals surface area contributed by atoms with Crippen molar-refractivity contribution in [2.75, 3.05) is 0 Å². The monoisotopic (exact) mass is 384 g/mol. The maximum atomic E-state index is 12.4. The van der Waals surface area contributed by atoms with E-state index in [1.165, 1.54) is 11.3 Å². The summed E-state index contributed by atoms with van der Waals surface area (Å²) in [6.07, 6.45) is 1.47. The minimum absolute atomic E-state index is 0.153. The highest BCUT2D eigenvalue weighted by Crippen LogP contribution is 2.38. The Labute approximate surface area is 153 Å². The van der Waals surface area contributed by atoms with Crippen molar-refractivity contribution < 1.29 is 19.4 Å². The second-order valence-electron chi connectivity index (χ2n) is 5.63. The molecule has 4 nitrogen and oxygen atoms in total. The van der Waals surface area contributed by atoms with E-state index in [0.717, 1.165) is 0 Å².